The van der Waals surface area contributed by atoms with Gasteiger partial charge in [-0.1, -0.05) is 25.5 Å². The monoisotopic (exact) mass is 374 g/mol. The zero-order valence-corrected chi connectivity index (χ0v) is 17.4. The number of hydrogen-bond donors (Lipinski definition) is 0. The van der Waals surface area contributed by atoms with Crippen LogP contribution < -0.4 is 4.74 Å². The average molecular weight is 375 g/mol. The van der Waals surface area contributed by atoms with Gasteiger partial charge < -0.3 is 9.30 Å². The molecule has 0 aliphatic carbocycles. The maximum absolute atomic E-state index is 5.55. The first-order chi connectivity index (χ1) is 13.6. The molecule has 146 valence electrons. The Kier molecular flexibility index (Phi) is 6.70. The SMILES string of the molecule is CCCCc1ccc(N=Cc2cc(C)n(-c3ccc(OCC)cc3)c2C)cc1. The predicted molar refractivity (Wildman–Crippen MR) is 119 cm³/mol. The van der Waals surface area contributed by atoms with Gasteiger partial charge in [0.05, 0.1) is 12.3 Å². The number of ether oxygens (including phenoxy) is 1. The van der Waals surface area contributed by atoms with Crippen LogP contribution >= 0.6 is 0 Å². The van der Waals surface area contributed by atoms with Crippen molar-refractivity contribution in [3.8, 4) is 11.4 Å². The Morgan fingerprint density at radius 3 is 2.32 bits per heavy atom. The summed E-state index contributed by atoms with van der Waals surface area (Å²) in [5, 5.41) is 0. The molecule has 28 heavy (non-hydrogen) atoms. The third-order valence-corrected chi connectivity index (χ3v) is 4.98. The predicted octanol–water partition coefficient (Wildman–Crippen LogP) is 6.59. The summed E-state index contributed by atoms with van der Waals surface area (Å²) in [6, 6.07) is 19.0. The van der Waals surface area contributed by atoms with E-state index in [0.717, 1.165) is 29.1 Å². The molecule has 3 rings (SSSR count). The topological polar surface area (TPSA) is 26.5 Å². The Bertz CT molecular complexity index is 918. The van der Waals surface area contributed by atoms with Gasteiger partial charge in [0.1, 0.15) is 5.75 Å². The van der Waals surface area contributed by atoms with Gasteiger partial charge in [0.25, 0.3) is 0 Å². The van der Waals surface area contributed by atoms with Crippen molar-refractivity contribution in [2.24, 2.45) is 4.99 Å². The number of nitrogens with zero attached hydrogens (tertiary/aromatic N) is 2. The second-order valence-corrected chi connectivity index (χ2v) is 7.12. The first kappa shape index (κ1) is 19.9. The van der Waals surface area contributed by atoms with Crippen LogP contribution in [0.1, 0.15) is 49.2 Å². The summed E-state index contributed by atoms with van der Waals surface area (Å²) in [5.74, 6) is 0.901. The van der Waals surface area contributed by atoms with Gasteiger partial charge >= 0.3 is 0 Å². The quantitative estimate of drug-likeness (QED) is 0.409. The van der Waals surface area contributed by atoms with Gasteiger partial charge in [-0.2, -0.15) is 0 Å². The summed E-state index contributed by atoms with van der Waals surface area (Å²) in [6.07, 6.45) is 5.57. The highest BCUT2D eigenvalue weighted by molar-refractivity contribution is 5.84. The summed E-state index contributed by atoms with van der Waals surface area (Å²) in [4.78, 5) is 4.69. The van der Waals surface area contributed by atoms with E-state index in [1.165, 1.54) is 29.8 Å². The van der Waals surface area contributed by atoms with Gasteiger partial charge in [-0.15, -0.1) is 0 Å². The number of aromatic nitrogens is 1. The molecule has 1 heterocycles. The van der Waals surface area contributed by atoms with Crippen molar-refractivity contribution in [2.45, 2.75) is 47.0 Å². The minimum absolute atomic E-state index is 0.682. The van der Waals surface area contributed by atoms with E-state index >= 15 is 0 Å². The molecule has 1 aromatic heterocycles. The van der Waals surface area contributed by atoms with E-state index in [1.54, 1.807) is 0 Å². The minimum atomic E-state index is 0.682. The number of hydrogen-bond acceptors (Lipinski definition) is 2. The molecule has 0 aliphatic heterocycles. The zero-order valence-electron chi connectivity index (χ0n) is 17.4. The van der Waals surface area contributed by atoms with Gasteiger partial charge in [-0.3, -0.25) is 4.99 Å². The van der Waals surface area contributed by atoms with E-state index in [0.29, 0.717) is 6.61 Å². The number of unbranched alkanes of at least 4 members (excludes halogenated alkanes) is 1. The lowest BCUT2D eigenvalue weighted by atomic mass is 10.1. The summed E-state index contributed by atoms with van der Waals surface area (Å²) in [7, 11) is 0. The Labute approximate surface area is 168 Å². The first-order valence-electron chi connectivity index (χ1n) is 10.2. The third-order valence-electron chi connectivity index (χ3n) is 4.98. The average Bonchev–Trinajstić information content (AvgIpc) is 3.00. The highest BCUT2D eigenvalue weighted by Crippen LogP contribution is 2.23. The van der Waals surface area contributed by atoms with Crippen LogP contribution in [0.3, 0.4) is 0 Å². The molecule has 0 atom stereocenters. The molecule has 3 nitrogen and oxygen atoms in total. The standard InChI is InChI=1S/C25H30N2O/c1-5-7-8-21-9-11-23(12-10-21)26-18-22-17-19(3)27(20(22)4)24-13-15-25(16-14-24)28-6-2/h9-18H,5-8H2,1-4H3. The summed E-state index contributed by atoms with van der Waals surface area (Å²) in [6.45, 7) is 9.17. The van der Waals surface area contributed by atoms with Crippen LogP contribution in [0.4, 0.5) is 5.69 Å². The van der Waals surface area contributed by atoms with E-state index in [9.17, 15) is 0 Å². The van der Waals surface area contributed by atoms with Crippen LogP contribution in [0.15, 0.2) is 59.6 Å². The van der Waals surface area contributed by atoms with E-state index in [1.807, 2.05) is 25.3 Å². The van der Waals surface area contributed by atoms with Gasteiger partial charge in [0, 0.05) is 28.9 Å². The summed E-state index contributed by atoms with van der Waals surface area (Å²) < 4.78 is 7.80. The molecule has 0 bridgehead atoms. The van der Waals surface area contributed by atoms with Crippen molar-refractivity contribution in [1.29, 1.82) is 0 Å². The van der Waals surface area contributed by atoms with Crippen LogP contribution in [0, 0.1) is 13.8 Å². The van der Waals surface area contributed by atoms with Crippen LogP contribution in [-0.2, 0) is 6.42 Å². The highest BCUT2D eigenvalue weighted by atomic mass is 16.5. The van der Waals surface area contributed by atoms with E-state index in [4.69, 9.17) is 4.74 Å². The zero-order chi connectivity index (χ0) is 19.9. The molecule has 0 unspecified atom stereocenters. The number of aryl methyl sites for hydroxylation is 2. The van der Waals surface area contributed by atoms with Crippen LogP contribution in [0.2, 0.25) is 0 Å². The normalized spacial score (nSPS) is 11.3. The van der Waals surface area contributed by atoms with Crippen molar-refractivity contribution in [1.82, 2.24) is 4.57 Å². The molecule has 0 fully saturated rings. The van der Waals surface area contributed by atoms with Gasteiger partial charge in [-0.25, -0.2) is 0 Å². The Morgan fingerprint density at radius 2 is 1.68 bits per heavy atom. The molecule has 3 aromatic rings. The Balaban J connectivity index is 1.78. The van der Waals surface area contributed by atoms with Crippen molar-refractivity contribution < 1.29 is 4.74 Å². The van der Waals surface area contributed by atoms with E-state index < -0.39 is 0 Å². The summed E-state index contributed by atoms with van der Waals surface area (Å²) >= 11 is 0. The molecule has 0 radical (unpaired) electrons. The Hall–Kier alpha value is -2.81. The van der Waals surface area contributed by atoms with E-state index in [-0.39, 0.29) is 0 Å². The fraction of sp³-hybridized carbons (Fsp3) is 0.320. The number of aliphatic imine (C=N–C) groups is 1. The number of benzene rings is 2. The maximum Gasteiger partial charge on any atom is 0.119 e. The van der Waals surface area contributed by atoms with Gasteiger partial charge in [0.15, 0.2) is 0 Å². The molecule has 0 N–H and O–H groups in total. The molecular formula is C25H30N2O. The molecule has 3 heteroatoms. The lowest BCUT2D eigenvalue weighted by molar-refractivity contribution is 0.340. The highest BCUT2D eigenvalue weighted by Gasteiger charge is 2.09. The molecular weight excluding hydrogens is 344 g/mol. The maximum atomic E-state index is 5.55. The largest absolute Gasteiger partial charge is 0.494 e. The minimum Gasteiger partial charge on any atom is -0.494 e. The molecule has 0 saturated heterocycles. The fourth-order valence-electron chi connectivity index (χ4n) is 3.45. The molecule has 0 amide bonds. The van der Waals surface area contributed by atoms with Gasteiger partial charge in [0.2, 0.25) is 0 Å². The molecule has 2 aromatic carbocycles. The molecule has 0 aliphatic rings. The lowest BCUT2D eigenvalue weighted by Crippen LogP contribution is -2.00. The second kappa shape index (κ2) is 9.41. The third kappa shape index (κ3) is 4.72. The first-order valence-corrected chi connectivity index (χ1v) is 10.2. The fourth-order valence-corrected chi connectivity index (χ4v) is 3.45. The van der Waals surface area contributed by atoms with Crippen molar-refractivity contribution in [3.05, 3.63) is 77.1 Å². The number of rotatable bonds is 8. The molecule has 0 saturated carbocycles. The summed E-state index contributed by atoms with van der Waals surface area (Å²) in [5.41, 5.74) is 7.03. The van der Waals surface area contributed by atoms with Crippen LogP contribution in [-0.4, -0.2) is 17.4 Å². The van der Waals surface area contributed by atoms with Crippen molar-refractivity contribution in [2.75, 3.05) is 6.61 Å². The van der Waals surface area contributed by atoms with Crippen LogP contribution in [0.5, 0.6) is 5.75 Å². The van der Waals surface area contributed by atoms with Crippen LogP contribution in [0.25, 0.3) is 5.69 Å². The lowest BCUT2D eigenvalue weighted by Gasteiger charge is -2.11. The second-order valence-electron chi connectivity index (χ2n) is 7.12. The van der Waals surface area contributed by atoms with Crippen molar-refractivity contribution in [3.63, 3.8) is 0 Å². The van der Waals surface area contributed by atoms with Crippen molar-refractivity contribution >= 4 is 11.9 Å². The molecule has 0 spiro atoms. The van der Waals surface area contributed by atoms with Gasteiger partial charge in [-0.05, 0) is 81.6 Å². The van der Waals surface area contributed by atoms with E-state index in [2.05, 4.69) is 72.8 Å². The smallest absolute Gasteiger partial charge is 0.119 e. The Morgan fingerprint density at radius 1 is 0.964 bits per heavy atom.